The summed E-state index contributed by atoms with van der Waals surface area (Å²) in [6, 6.07) is 26.4. The van der Waals surface area contributed by atoms with Gasteiger partial charge in [0.1, 0.15) is 11.5 Å². The molecule has 5 heteroatoms. The molecule has 5 nitrogen and oxygen atoms in total. The van der Waals surface area contributed by atoms with Crippen LogP contribution in [0.5, 0.6) is 11.5 Å². The number of anilines is 1. The van der Waals surface area contributed by atoms with Gasteiger partial charge in [-0.15, -0.1) is 0 Å². The molecule has 33 heavy (non-hydrogen) atoms. The summed E-state index contributed by atoms with van der Waals surface area (Å²) in [6.07, 6.45) is 4.94. The Hall–Kier alpha value is -3.60. The zero-order valence-electron chi connectivity index (χ0n) is 18.8. The van der Waals surface area contributed by atoms with Crippen LogP contribution in [-0.4, -0.2) is 24.9 Å². The molecule has 3 aromatic carbocycles. The van der Waals surface area contributed by atoms with Gasteiger partial charge in [0, 0.05) is 30.3 Å². The molecular weight excluding hydrogens is 412 g/mol. The summed E-state index contributed by atoms with van der Waals surface area (Å²) in [5, 5.41) is 3.05. The van der Waals surface area contributed by atoms with Crippen LogP contribution in [0.1, 0.15) is 42.5 Å². The van der Waals surface area contributed by atoms with Gasteiger partial charge in [-0.2, -0.15) is 0 Å². The Bertz CT molecular complexity index is 1030. The van der Waals surface area contributed by atoms with Gasteiger partial charge >= 0.3 is 0 Å². The lowest BCUT2D eigenvalue weighted by molar-refractivity contribution is -0.124. The first-order valence-electron chi connectivity index (χ1n) is 11.7. The molecule has 1 saturated carbocycles. The van der Waals surface area contributed by atoms with E-state index < -0.39 is 0 Å². The second-order valence-corrected chi connectivity index (χ2v) is 8.36. The van der Waals surface area contributed by atoms with Crippen molar-refractivity contribution in [3.8, 4) is 11.5 Å². The Labute approximate surface area is 195 Å². The van der Waals surface area contributed by atoms with Crippen molar-refractivity contribution in [2.75, 3.05) is 18.0 Å². The lowest BCUT2D eigenvalue weighted by atomic mass is 10.1. The number of para-hydroxylation sites is 1. The smallest absolute Gasteiger partial charge is 0.258 e. The van der Waals surface area contributed by atoms with Crippen molar-refractivity contribution in [3.63, 3.8) is 0 Å². The number of hydrogen-bond donors (Lipinski definition) is 1. The summed E-state index contributed by atoms with van der Waals surface area (Å²) in [4.78, 5) is 27.3. The monoisotopic (exact) mass is 442 g/mol. The summed E-state index contributed by atoms with van der Waals surface area (Å²) >= 11 is 0. The fourth-order valence-electron chi connectivity index (χ4n) is 4.18. The average molecular weight is 443 g/mol. The van der Waals surface area contributed by atoms with E-state index in [1.807, 2.05) is 84.9 Å². The van der Waals surface area contributed by atoms with E-state index in [9.17, 15) is 9.59 Å². The summed E-state index contributed by atoms with van der Waals surface area (Å²) < 4.78 is 5.88. The van der Waals surface area contributed by atoms with Crippen molar-refractivity contribution in [1.82, 2.24) is 5.32 Å². The first-order valence-corrected chi connectivity index (χ1v) is 11.7. The van der Waals surface area contributed by atoms with Crippen molar-refractivity contribution in [2.24, 2.45) is 5.92 Å². The van der Waals surface area contributed by atoms with Crippen LogP contribution in [0.25, 0.3) is 0 Å². The SMILES string of the molecule is O=C(NCCCN(C(=O)c1ccccc1)c1ccc(Oc2ccccc2)cc1)C1CCCC1. The van der Waals surface area contributed by atoms with Crippen LogP contribution in [0.2, 0.25) is 0 Å². The molecule has 0 heterocycles. The average Bonchev–Trinajstić information content (AvgIpc) is 3.41. The minimum absolute atomic E-state index is 0.0607. The quantitative estimate of drug-likeness (QED) is 0.425. The number of carbonyl (C=O) groups is 2. The van der Waals surface area contributed by atoms with E-state index in [-0.39, 0.29) is 17.7 Å². The number of rotatable bonds is 9. The van der Waals surface area contributed by atoms with Crippen LogP contribution in [0.15, 0.2) is 84.9 Å². The predicted molar refractivity (Wildman–Crippen MR) is 131 cm³/mol. The van der Waals surface area contributed by atoms with Gasteiger partial charge in [-0.1, -0.05) is 49.2 Å². The topological polar surface area (TPSA) is 58.6 Å². The molecule has 1 fully saturated rings. The third-order valence-corrected chi connectivity index (χ3v) is 5.98. The van der Waals surface area contributed by atoms with Crippen molar-refractivity contribution >= 4 is 17.5 Å². The van der Waals surface area contributed by atoms with Crippen LogP contribution in [0.3, 0.4) is 0 Å². The maximum Gasteiger partial charge on any atom is 0.258 e. The van der Waals surface area contributed by atoms with Crippen LogP contribution >= 0.6 is 0 Å². The number of nitrogens with one attached hydrogen (secondary N) is 1. The van der Waals surface area contributed by atoms with Crippen molar-refractivity contribution in [2.45, 2.75) is 32.1 Å². The van der Waals surface area contributed by atoms with Crippen LogP contribution < -0.4 is 15.0 Å². The first kappa shape index (κ1) is 22.6. The van der Waals surface area contributed by atoms with E-state index in [1.54, 1.807) is 4.90 Å². The fraction of sp³-hybridized carbons (Fsp3) is 0.286. The van der Waals surface area contributed by atoms with Gasteiger partial charge in [-0.3, -0.25) is 9.59 Å². The van der Waals surface area contributed by atoms with Crippen LogP contribution in [-0.2, 0) is 4.79 Å². The molecule has 0 bridgehead atoms. The molecule has 1 aliphatic carbocycles. The highest BCUT2D eigenvalue weighted by Gasteiger charge is 2.22. The Kier molecular flexibility index (Phi) is 7.75. The number of carbonyl (C=O) groups excluding carboxylic acids is 2. The summed E-state index contributed by atoms with van der Waals surface area (Å²) in [5.74, 6) is 1.72. The van der Waals surface area contributed by atoms with Gasteiger partial charge in [0.25, 0.3) is 5.91 Å². The summed E-state index contributed by atoms with van der Waals surface area (Å²) in [6.45, 7) is 1.07. The van der Waals surface area contributed by atoms with Crippen LogP contribution in [0, 0.1) is 5.92 Å². The number of nitrogens with zero attached hydrogens (tertiary/aromatic N) is 1. The van der Waals surface area contributed by atoms with E-state index in [0.717, 1.165) is 37.1 Å². The molecule has 0 aliphatic heterocycles. The summed E-state index contributed by atoms with van der Waals surface area (Å²) in [7, 11) is 0. The first-order chi connectivity index (χ1) is 16.2. The standard InChI is InChI=1S/C28H30N2O3/c31-27(22-10-7-8-11-22)29-20-9-21-30(28(32)23-12-3-1-4-13-23)24-16-18-26(19-17-24)33-25-14-5-2-6-15-25/h1-6,12-19,22H,7-11,20-21H2,(H,29,31). The van der Waals surface area contributed by atoms with Gasteiger partial charge < -0.3 is 15.0 Å². The van der Waals surface area contributed by atoms with Gasteiger partial charge in [-0.05, 0) is 67.8 Å². The van der Waals surface area contributed by atoms with Crippen molar-refractivity contribution in [1.29, 1.82) is 0 Å². The van der Waals surface area contributed by atoms with E-state index in [0.29, 0.717) is 30.8 Å². The lowest BCUT2D eigenvalue weighted by Crippen LogP contribution is -2.35. The Balaban J connectivity index is 1.42. The zero-order chi connectivity index (χ0) is 22.9. The number of amides is 2. The predicted octanol–water partition coefficient (Wildman–Crippen LogP) is 5.82. The number of ether oxygens (including phenoxy) is 1. The van der Waals surface area contributed by atoms with Gasteiger partial charge in [0.15, 0.2) is 0 Å². The zero-order valence-corrected chi connectivity index (χ0v) is 18.8. The van der Waals surface area contributed by atoms with E-state index >= 15 is 0 Å². The second-order valence-electron chi connectivity index (χ2n) is 8.36. The minimum Gasteiger partial charge on any atom is -0.457 e. The van der Waals surface area contributed by atoms with Crippen molar-refractivity contribution in [3.05, 3.63) is 90.5 Å². The third kappa shape index (κ3) is 6.22. The molecular formula is C28H30N2O3. The normalized spacial score (nSPS) is 13.5. The molecule has 0 spiro atoms. The highest BCUT2D eigenvalue weighted by Crippen LogP contribution is 2.26. The molecule has 0 atom stereocenters. The molecule has 1 aliphatic rings. The number of benzene rings is 3. The minimum atomic E-state index is -0.0607. The largest absolute Gasteiger partial charge is 0.457 e. The molecule has 0 unspecified atom stereocenters. The molecule has 0 saturated heterocycles. The van der Waals surface area contributed by atoms with E-state index in [2.05, 4.69) is 5.32 Å². The maximum absolute atomic E-state index is 13.3. The Morgan fingerprint density at radius 3 is 2.09 bits per heavy atom. The van der Waals surface area contributed by atoms with E-state index in [1.165, 1.54) is 0 Å². The highest BCUT2D eigenvalue weighted by atomic mass is 16.5. The molecule has 2 amide bonds. The molecule has 4 rings (SSSR count). The second kappa shape index (κ2) is 11.3. The van der Waals surface area contributed by atoms with Gasteiger partial charge in [-0.25, -0.2) is 0 Å². The van der Waals surface area contributed by atoms with Crippen molar-refractivity contribution < 1.29 is 14.3 Å². The van der Waals surface area contributed by atoms with Crippen LogP contribution in [0.4, 0.5) is 5.69 Å². The Morgan fingerprint density at radius 2 is 1.42 bits per heavy atom. The molecule has 3 aromatic rings. The van der Waals surface area contributed by atoms with Gasteiger partial charge in [0.05, 0.1) is 0 Å². The molecule has 1 N–H and O–H groups in total. The fourth-order valence-corrected chi connectivity index (χ4v) is 4.18. The molecule has 170 valence electrons. The maximum atomic E-state index is 13.3. The highest BCUT2D eigenvalue weighted by molar-refractivity contribution is 6.06. The number of hydrogen-bond acceptors (Lipinski definition) is 3. The third-order valence-electron chi connectivity index (χ3n) is 5.98. The van der Waals surface area contributed by atoms with Gasteiger partial charge in [0.2, 0.25) is 5.91 Å². The lowest BCUT2D eigenvalue weighted by Gasteiger charge is -2.23. The molecule has 0 aromatic heterocycles. The summed E-state index contributed by atoms with van der Waals surface area (Å²) in [5.41, 5.74) is 1.43. The van der Waals surface area contributed by atoms with E-state index in [4.69, 9.17) is 4.74 Å². The molecule has 0 radical (unpaired) electrons. The Morgan fingerprint density at radius 1 is 0.818 bits per heavy atom.